The number of carboxylic acid groups (broad SMARTS) is 1. The number of amides is 1. The molecule has 0 fully saturated rings. The van der Waals surface area contributed by atoms with Crippen LogP contribution in [-0.2, 0) is 4.79 Å². The summed E-state index contributed by atoms with van der Waals surface area (Å²) in [5.74, 6) is -1.90. The van der Waals surface area contributed by atoms with E-state index in [1.54, 1.807) is 6.07 Å². The van der Waals surface area contributed by atoms with Crippen LogP contribution in [0.1, 0.15) is 16.9 Å². The number of rotatable bonds is 5. The molecule has 0 aliphatic carbocycles. The molecule has 0 aliphatic rings. The van der Waals surface area contributed by atoms with Gasteiger partial charge in [-0.2, -0.15) is 0 Å². The number of aliphatic carboxylic acids is 1. The third-order valence-electron chi connectivity index (χ3n) is 2.08. The highest BCUT2D eigenvalue weighted by Crippen LogP contribution is 2.07. The van der Waals surface area contributed by atoms with E-state index in [0.29, 0.717) is 0 Å². The number of pyridine rings is 1. The molecule has 1 aromatic heterocycles. The number of carboxylic acids is 1. The fourth-order valence-corrected chi connectivity index (χ4v) is 1.22. The Hall–Kier alpha value is -2.15. The molecular weight excluding hydrogens is 226 g/mol. The lowest BCUT2D eigenvalue weighted by atomic mass is 10.2. The van der Waals surface area contributed by atoms with E-state index < -0.39 is 17.9 Å². The van der Waals surface area contributed by atoms with Crippen LogP contribution in [0.3, 0.4) is 0 Å². The maximum atomic E-state index is 11.7. The molecule has 0 unspecified atom stereocenters. The summed E-state index contributed by atoms with van der Waals surface area (Å²) < 4.78 is 0. The zero-order valence-corrected chi connectivity index (χ0v) is 8.96. The Morgan fingerprint density at radius 2 is 2.24 bits per heavy atom. The topological polar surface area (TPSA) is 126 Å². The monoisotopic (exact) mass is 239 g/mol. The molecule has 1 heterocycles. The Bertz CT molecular complexity index is 422. The summed E-state index contributed by atoms with van der Waals surface area (Å²) in [5.41, 5.74) is 5.66. The van der Waals surface area contributed by atoms with Gasteiger partial charge in [0.25, 0.3) is 5.91 Å². The number of hydrogen-bond acceptors (Lipinski definition) is 5. The van der Waals surface area contributed by atoms with E-state index >= 15 is 0 Å². The molecule has 0 saturated carbocycles. The van der Waals surface area contributed by atoms with E-state index in [4.69, 9.17) is 15.9 Å². The van der Waals surface area contributed by atoms with Crippen molar-refractivity contribution < 1.29 is 19.8 Å². The van der Waals surface area contributed by atoms with E-state index in [1.165, 1.54) is 12.3 Å². The van der Waals surface area contributed by atoms with Gasteiger partial charge in [0, 0.05) is 19.2 Å². The summed E-state index contributed by atoms with van der Waals surface area (Å²) in [6.07, 6.45) is 1.31. The van der Waals surface area contributed by atoms with Gasteiger partial charge >= 0.3 is 5.97 Å². The standard InChI is InChI=1S/C10H13N3O4/c11-6-2-1-4-12-8(6)9(15)13-7(3-5-14)10(16)17/h1-2,4,7,14H,3,5,11H2,(H,13,15)(H,16,17)/t7-/m0/s1. The number of carbonyl (C=O) groups is 2. The average Bonchev–Trinajstić information content (AvgIpc) is 2.28. The number of nitrogens with zero attached hydrogens (tertiary/aromatic N) is 1. The Balaban J connectivity index is 2.77. The fraction of sp³-hybridized carbons (Fsp3) is 0.300. The number of aliphatic hydroxyl groups excluding tert-OH is 1. The highest BCUT2D eigenvalue weighted by Gasteiger charge is 2.21. The van der Waals surface area contributed by atoms with Crippen LogP contribution in [0, 0.1) is 0 Å². The second-order valence-corrected chi connectivity index (χ2v) is 3.32. The number of hydrogen-bond donors (Lipinski definition) is 4. The molecule has 7 heteroatoms. The maximum Gasteiger partial charge on any atom is 0.326 e. The van der Waals surface area contributed by atoms with Gasteiger partial charge in [-0.05, 0) is 12.1 Å². The molecule has 1 atom stereocenters. The molecule has 17 heavy (non-hydrogen) atoms. The highest BCUT2D eigenvalue weighted by molar-refractivity contribution is 5.98. The summed E-state index contributed by atoms with van der Waals surface area (Å²) in [4.78, 5) is 26.2. The van der Waals surface area contributed by atoms with Gasteiger partial charge < -0.3 is 21.3 Å². The molecule has 0 radical (unpaired) electrons. The zero-order chi connectivity index (χ0) is 12.8. The summed E-state index contributed by atoms with van der Waals surface area (Å²) in [7, 11) is 0. The normalized spacial score (nSPS) is 11.8. The van der Waals surface area contributed by atoms with Gasteiger partial charge in [0.1, 0.15) is 6.04 Å². The van der Waals surface area contributed by atoms with E-state index in [0.717, 1.165) is 0 Å². The van der Waals surface area contributed by atoms with Crippen molar-refractivity contribution in [2.45, 2.75) is 12.5 Å². The minimum atomic E-state index is -1.22. The number of anilines is 1. The van der Waals surface area contributed by atoms with E-state index in [1.807, 2.05) is 0 Å². The lowest BCUT2D eigenvalue weighted by Crippen LogP contribution is -2.41. The predicted molar refractivity (Wildman–Crippen MR) is 59.2 cm³/mol. The predicted octanol–water partition coefficient (Wildman–Crippen LogP) is -0.771. The first-order valence-electron chi connectivity index (χ1n) is 4.91. The first-order chi connectivity index (χ1) is 8.06. The molecule has 7 nitrogen and oxygen atoms in total. The van der Waals surface area contributed by atoms with Crippen LogP contribution < -0.4 is 11.1 Å². The van der Waals surface area contributed by atoms with Crippen molar-refractivity contribution in [3.05, 3.63) is 24.0 Å². The van der Waals surface area contributed by atoms with Crippen molar-refractivity contribution in [3.8, 4) is 0 Å². The van der Waals surface area contributed by atoms with E-state index in [2.05, 4.69) is 10.3 Å². The van der Waals surface area contributed by atoms with Gasteiger partial charge in [0.15, 0.2) is 5.69 Å². The van der Waals surface area contributed by atoms with Crippen molar-refractivity contribution in [1.29, 1.82) is 0 Å². The first kappa shape index (κ1) is 12.9. The number of aromatic nitrogens is 1. The summed E-state index contributed by atoms with van der Waals surface area (Å²) in [6.45, 7) is -0.338. The lowest BCUT2D eigenvalue weighted by Gasteiger charge is -2.13. The third kappa shape index (κ3) is 3.42. The van der Waals surface area contributed by atoms with Crippen molar-refractivity contribution in [2.24, 2.45) is 0 Å². The van der Waals surface area contributed by atoms with E-state index in [9.17, 15) is 9.59 Å². The van der Waals surface area contributed by atoms with Crippen LogP contribution in [0.25, 0.3) is 0 Å². The Kier molecular flexibility index (Phi) is 4.41. The smallest absolute Gasteiger partial charge is 0.326 e. The number of nitrogen functional groups attached to an aromatic ring is 1. The van der Waals surface area contributed by atoms with Crippen molar-refractivity contribution >= 4 is 17.6 Å². The third-order valence-corrected chi connectivity index (χ3v) is 2.08. The molecule has 1 amide bonds. The van der Waals surface area contributed by atoms with Gasteiger partial charge in [-0.15, -0.1) is 0 Å². The number of nitrogens with one attached hydrogen (secondary N) is 1. The van der Waals surface area contributed by atoms with Crippen molar-refractivity contribution in [2.75, 3.05) is 12.3 Å². The Morgan fingerprint density at radius 3 is 2.76 bits per heavy atom. The summed E-state index contributed by atoms with van der Waals surface area (Å²) in [5, 5.41) is 19.7. The average molecular weight is 239 g/mol. The molecule has 92 valence electrons. The molecule has 5 N–H and O–H groups in total. The van der Waals surface area contributed by atoms with Gasteiger partial charge in [-0.3, -0.25) is 4.79 Å². The fourth-order valence-electron chi connectivity index (χ4n) is 1.22. The molecule has 0 bridgehead atoms. The second-order valence-electron chi connectivity index (χ2n) is 3.32. The lowest BCUT2D eigenvalue weighted by molar-refractivity contribution is -0.139. The molecule has 0 aromatic carbocycles. The molecular formula is C10H13N3O4. The van der Waals surface area contributed by atoms with Crippen LogP contribution in [0.5, 0.6) is 0 Å². The second kappa shape index (κ2) is 5.80. The minimum absolute atomic E-state index is 0.0308. The quantitative estimate of drug-likeness (QED) is 0.534. The van der Waals surface area contributed by atoms with Crippen LogP contribution in [0.15, 0.2) is 18.3 Å². The maximum absolute atomic E-state index is 11.7. The Morgan fingerprint density at radius 1 is 1.53 bits per heavy atom. The minimum Gasteiger partial charge on any atom is -0.480 e. The van der Waals surface area contributed by atoms with Crippen molar-refractivity contribution in [3.63, 3.8) is 0 Å². The number of nitrogens with two attached hydrogens (primary N) is 1. The van der Waals surface area contributed by atoms with Crippen LogP contribution in [-0.4, -0.2) is 39.7 Å². The molecule has 0 saturated heterocycles. The number of aliphatic hydroxyl groups is 1. The molecule has 0 aliphatic heterocycles. The summed E-state index contributed by atoms with van der Waals surface area (Å²) in [6, 6.07) is 1.90. The first-order valence-corrected chi connectivity index (χ1v) is 4.91. The molecule has 1 rings (SSSR count). The van der Waals surface area contributed by atoms with Crippen LogP contribution in [0.2, 0.25) is 0 Å². The zero-order valence-electron chi connectivity index (χ0n) is 8.96. The van der Waals surface area contributed by atoms with Gasteiger partial charge in [0.2, 0.25) is 0 Å². The van der Waals surface area contributed by atoms with Crippen molar-refractivity contribution in [1.82, 2.24) is 10.3 Å². The van der Waals surface area contributed by atoms with Gasteiger partial charge in [0.05, 0.1) is 5.69 Å². The molecule has 0 spiro atoms. The summed E-state index contributed by atoms with van der Waals surface area (Å²) >= 11 is 0. The van der Waals surface area contributed by atoms with Gasteiger partial charge in [-0.1, -0.05) is 0 Å². The van der Waals surface area contributed by atoms with Crippen LogP contribution >= 0.6 is 0 Å². The van der Waals surface area contributed by atoms with Crippen LogP contribution in [0.4, 0.5) is 5.69 Å². The SMILES string of the molecule is Nc1cccnc1C(=O)N[C@@H](CCO)C(=O)O. The van der Waals surface area contributed by atoms with Gasteiger partial charge in [-0.25, -0.2) is 9.78 Å². The Labute approximate surface area is 97.3 Å². The molecule has 1 aromatic rings. The highest BCUT2D eigenvalue weighted by atomic mass is 16.4. The number of carbonyl (C=O) groups excluding carboxylic acids is 1. The largest absolute Gasteiger partial charge is 0.480 e. The van der Waals surface area contributed by atoms with E-state index in [-0.39, 0.29) is 24.4 Å².